The molecule has 0 aliphatic heterocycles. The second-order valence-corrected chi connectivity index (χ2v) is 10.6. The molecule has 2 aromatic carbocycles. The predicted octanol–water partition coefficient (Wildman–Crippen LogP) is 5.80. The summed E-state index contributed by atoms with van der Waals surface area (Å²) in [7, 11) is 0. The number of thiazole rings is 1. The summed E-state index contributed by atoms with van der Waals surface area (Å²) in [5, 5.41) is 6.33. The number of nitrogens with zero attached hydrogens (tertiary/aromatic N) is 1. The zero-order chi connectivity index (χ0) is 19.4. The minimum Gasteiger partial charge on any atom is -0.351 e. The SMILES string of the molecule is Cc1nc(CSc2ccc(C(=O)NCC3(Sc4ccccc4)CC3)cc2)cs1. The lowest BCUT2D eigenvalue weighted by molar-refractivity contribution is 0.0953. The maximum atomic E-state index is 12.5. The monoisotopic (exact) mass is 426 g/mol. The van der Waals surface area contributed by atoms with Crippen molar-refractivity contribution < 1.29 is 4.79 Å². The van der Waals surface area contributed by atoms with Crippen LogP contribution in [0.4, 0.5) is 0 Å². The molecule has 0 spiro atoms. The minimum absolute atomic E-state index is 0.00612. The highest BCUT2D eigenvalue weighted by atomic mass is 32.2. The van der Waals surface area contributed by atoms with Crippen LogP contribution in [0.2, 0.25) is 0 Å². The minimum atomic E-state index is 0.00612. The quantitative estimate of drug-likeness (QED) is 0.462. The number of hydrogen-bond donors (Lipinski definition) is 1. The molecule has 3 nitrogen and oxygen atoms in total. The average molecular weight is 427 g/mol. The van der Waals surface area contributed by atoms with Crippen LogP contribution >= 0.6 is 34.9 Å². The van der Waals surface area contributed by atoms with Gasteiger partial charge < -0.3 is 5.32 Å². The van der Waals surface area contributed by atoms with Gasteiger partial charge >= 0.3 is 0 Å². The second kappa shape index (κ2) is 8.72. The van der Waals surface area contributed by atoms with E-state index in [0.717, 1.165) is 39.8 Å². The first-order chi connectivity index (χ1) is 13.6. The Balaban J connectivity index is 1.27. The number of thioether (sulfide) groups is 2. The molecule has 28 heavy (non-hydrogen) atoms. The lowest BCUT2D eigenvalue weighted by atomic mass is 10.2. The van der Waals surface area contributed by atoms with E-state index in [9.17, 15) is 4.79 Å². The summed E-state index contributed by atoms with van der Waals surface area (Å²) in [6.45, 7) is 2.74. The molecule has 1 aliphatic rings. The van der Waals surface area contributed by atoms with Gasteiger partial charge in [-0.3, -0.25) is 4.79 Å². The number of amides is 1. The van der Waals surface area contributed by atoms with Crippen LogP contribution in [0.5, 0.6) is 0 Å². The highest BCUT2D eigenvalue weighted by molar-refractivity contribution is 8.01. The number of aryl methyl sites for hydroxylation is 1. The Labute approximate surface area is 178 Å². The third-order valence-corrected chi connectivity index (χ3v) is 7.99. The van der Waals surface area contributed by atoms with Crippen LogP contribution in [0.1, 0.15) is 33.9 Å². The Morgan fingerprint density at radius 3 is 2.50 bits per heavy atom. The number of benzene rings is 2. The van der Waals surface area contributed by atoms with Crippen molar-refractivity contribution in [1.82, 2.24) is 10.3 Å². The molecular formula is C22H22N2OS3. The Bertz CT molecular complexity index is 934. The zero-order valence-electron chi connectivity index (χ0n) is 15.7. The predicted molar refractivity (Wildman–Crippen MR) is 119 cm³/mol. The van der Waals surface area contributed by atoms with Gasteiger partial charge in [0.25, 0.3) is 5.91 Å². The first kappa shape index (κ1) is 19.6. The molecule has 3 aromatic rings. The van der Waals surface area contributed by atoms with Crippen LogP contribution in [0.3, 0.4) is 0 Å². The van der Waals surface area contributed by atoms with Crippen LogP contribution < -0.4 is 5.32 Å². The summed E-state index contributed by atoms with van der Waals surface area (Å²) in [5.41, 5.74) is 1.83. The number of carbonyl (C=O) groups excluding carboxylic acids is 1. The average Bonchev–Trinajstić information content (AvgIpc) is 3.36. The molecule has 0 radical (unpaired) electrons. The Morgan fingerprint density at radius 1 is 1.11 bits per heavy atom. The Morgan fingerprint density at radius 2 is 1.86 bits per heavy atom. The molecule has 1 N–H and O–H groups in total. The van der Waals surface area contributed by atoms with Gasteiger partial charge in [0.2, 0.25) is 0 Å². The summed E-state index contributed by atoms with van der Waals surface area (Å²) in [5.74, 6) is 0.862. The largest absolute Gasteiger partial charge is 0.351 e. The molecule has 0 bridgehead atoms. The summed E-state index contributed by atoms with van der Waals surface area (Å²) in [4.78, 5) is 19.4. The van der Waals surface area contributed by atoms with Crippen molar-refractivity contribution in [2.24, 2.45) is 0 Å². The molecule has 1 amide bonds. The smallest absolute Gasteiger partial charge is 0.251 e. The normalized spacial score (nSPS) is 14.6. The van der Waals surface area contributed by atoms with Crippen molar-refractivity contribution in [1.29, 1.82) is 0 Å². The van der Waals surface area contributed by atoms with E-state index in [1.807, 2.05) is 49.0 Å². The lowest BCUT2D eigenvalue weighted by Crippen LogP contribution is -2.31. The molecule has 0 unspecified atom stereocenters. The van der Waals surface area contributed by atoms with E-state index in [0.29, 0.717) is 6.54 Å². The fourth-order valence-corrected chi connectivity index (χ4v) is 5.62. The van der Waals surface area contributed by atoms with Crippen LogP contribution in [0, 0.1) is 6.92 Å². The van der Waals surface area contributed by atoms with Gasteiger partial charge in [-0.15, -0.1) is 34.9 Å². The molecular weight excluding hydrogens is 404 g/mol. The van der Waals surface area contributed by atoms with Crippen molar-refractivity contribution in [2.75, 3.05) is 6.54 Å². The van der Waals surface area contributed by atoms with E-state index in [1.54, 1.807) is 23.1 Å². The van der Waals surface area contributed by atoms with E-state index in [1.165, 1.54) is 4.90 Å². The first-order valence-electron chi connectivity index (χ1n) is 9.28. The Kier molecular flexibility index (Phi) is 6.09. The van der Waals surface area contributed by atoms with Crippen LogP contribution in [-0.2, 0) is 5.75 Å². The van der Waals surface area contributed by atoms with Gasteiger partial charge in [0.1, 0.15) is 0 Å². The zero-order valence-corrected chi connectivity index (χ0v) is 18.1. The molecule has 6 heteroatoms. The first-order valence-corrected chi connectivity index (χ1v) is 12.0. The molecule has 1 aliphatic carbocycles. The molecule has 1 fully saturated rings. The van der Waals surface area contributed by atoms with Crippen molar-refractivity contribution in [3.05, 3.63) is 76.2 Å². The van der Waals surface area contributed by atoms with Crippen molar-refractivity contribution in [3.8, 4) is 0 Å². The van der Waals surface area contributed by atoms with Gasteiger partial charge in [-0.2, -0.15) is 0 Å². The van der Waals surface area contributed by atoms with E-state index in [-0.39, 0.29) is 10.7 Å². The van der Waals surface area contributed by atoms with Gasteiger partial charge in [-0.1, -0.05) is 18.2 Å². The number of carbonyl (C=O) groups is 1. The van der Waals surface area contributed by atoms with Crippen molar-refractivity contribution in [2.45, 2.75) is 40.1 Å². The fourth-order valence-electron chi connectivity index (χ4n) is 2.87. The van der Waals surface area contributed by atoms with Crippen molar-refractivity contribution >= 4 is 40.8 Å². The molecule has 4 rings (SSSR count). The third kappa shape index (κ3) is 5.19. The molecule has 0 atom stereocenters. The summed E-state index contributed by atoms with van der Waals surface area (Å²) in [6, 6.07) is 18.3. The van der Waals surface area contributed by atoms with Crippen LogP contribution in [0.15, 0.2) is 69.8 Å². The number of nitrogens with one attached hydrogen (secondary N) is 1. The van der Waals surface area contributed by atoms with Gasteiger partial charge in [-0.25, -0.2) is 4.98 Å². The topological polar surface area (TPSA) is 42.0 Å². The van der Waals surface area contributed by atoms with Gasteiger partial charge in [0, 0.05) is 37.8 Å². The highest BCUT2D eigenvalue weighted by Gasteiger charge is 2.43. The second-order valence-electron chi connectivity index (χ2n) is 6.95. The molecule has 1 heterocycles. The molecule has 144 valence electrons. The van der Waals surface area contributed by atoms with E-state index in [4.69, 9.17) is 0 Å². The number of rotatable bonds is 8. The molecule has 1 saturated carbocycles. The maximum Gasteiger partial charge on any atom is 0.251 e. The molecule has 1 aromatic heterocycles. The Hall–Kier alpha value is -1.76. The van der Waals surface area contributed by atoms with Gasteiger partial charge in [0.15, 0.2) is 0 Å². The summed E-state index contributed by atoms with van der Waals surface area (Å²) >= 11 is 5.30. The van der Waals surface area contributed by atoms with E-state index in [2.05, 4.69) is 39.9 Å². The van der Waals surface area contributed by atoms with Gasteiger partial charge in [-0.05, 0) is 56.2 Å². The third-order valence-electron chi connectivity index (χ3n) is 4.63. The fraction of sp³-hybridized carbons (Fsp3) is 0.273. The summed E-state index contributed by atoms with van der Waals surface area (Å²) in [6.07, 6.45) is 2.30. The van der Waals surface area contributed by atoms with E-state index < -0.39 is 0 Å². The summed E-state index contributed by atoms with van der Waals surface area (Å²) < 4.78 is 0.165. The number of aromatic nitrogens is 1. The van der Waals surface area contributed by atoms with Crippen LogP contribution in [0.25, 0.3) is 0 Å². The van der Waals surface area contributed by atoms with Gasteiger partial charge in [0.05, 0.1) is 10.7 Å². The van der Waals surface area contributed by atoms with E-state index >= 15 is 0 Å². The lowest BCUT2D eigenvalue weighted by Gasteiger charge is -2.16. The highest BCUT2D eigenvalue weighted by Crippen LogP contribution is 2.51. The van der Waals surface area contributed by atoms with Crippen molar-refractivity contribution in [3.63, 3.8) is 0 Å². The van der Waals surface area contributed by atoms with Crippen LogP contribution in [-0.4, -0.2) is 22.2 Å². The molecule has 0 saturated heterocycles. The number of hydrogen-bond acceptors (Lipinski definition) is 5. The standard InChI is InChI=1S/C22H22N2OS3/c1-16-24-18(13-26-16)14-27-19-9-7-17(8-10-19)21(25)23-15-22(11-12-22)28-20-5-3-2-4-6-20/h2-10,13H,11-12,14-15H2,1H3,(H,23,25). The maximum absolute atomic E-state index is 12.5.